The summed E-state index contributed by atoms with van der Waals surface area (Å²) in [5.74, 6) is -1.17. The van der Waals surface area contributed by atoms with Gasteiger partial charge in [0.2, 0.25) is 0 Å². The number of aliphatic hydroxyl groups is 6. The van der Waals surface area contributed by atoms with Crippen LogP contribution in [-0.4, -0.2) is 95.4 Å². The SMILES string of the molecule is O=C(CCCCC(=O)OCC(CO)(CO)CO)OCC(CO)(CO)CO. The lowest BCUT2D eigenvalue weighted by Gasteiger charge is -2.26. The molecule has 0 saturated carbocycles. The number of unbranched alkanes of at least 4 members (excludes halogenated alkanes) is 1. The molecule has 0 rings (SSSR count). The highest BCUT2D eigenvalue weighted by molar-refractivity contribution is 5.70. The Morgan fingerprint density at radius 3 is 1.08 bits per heavy atom. The summed E-state index contributed by atoms with van der Waals surface area (Å²) in [5.41, 5.74) is -2.56. The normalized spacial score (nSPS) is 12.1. The minimum Gasteiger partial charge on any atom is -0.465 e. The van der Waals surface area contributed by atoms with E-state index in [2.05, 4.69) is 0 Å². The molecule has 26 heavy (non-hydrogen) atoms. The molecule has 0 bridgehead atoms. The van der Waals surface area contributed by atoms with E-state index < -0.39 is 62.4 Å². The molecule has 154 valence electrons. The Bertz CT molecular complexity index is 349. The first-order valence-electron chi connectivity index (χ1n) is 8.33. The maximum Gasteiger partial charge on any atom is 0.305 e. The van der Waals surface area contributed by atoms with Crippen LogP contribution in [0.2, 0.25) is 0 Å². The van der Waals surface area contributed by atoms with Crippen LogP contribution in [0.4, 0.5) is 0 Å². The van der Waals surface area contributed by atoms with Crippen molar-refractivity contribution in [2.75, 3.05) is 52.9 Å². The van der Waals surface area contributed by atoms with Crippen molar-refractivity contribution in [3.05, 3.63) is 0 Å². The second-order valence-corrected chi connectivity index (χ2v) is 6.48. The molecule has 0 heterocycles. The van der Waals surface area contributed by atoms with Gasteiger partial charge in [-0.2, -0.15) is 0 Å². The molecule has 0 aliphatic heterocycles. The third-order valence-corrected chi connectivity index (χ3v) is 4.10. The van der Waals surface area contributed by atoms with Crippen LogP contribution in [0.15, 0.2) is 0 Å². The maximum absolute atomic E-state index is 11.6. The Morgan fingerprint density at radius 2 is 0.846 bits per heavy atom. The van der Waals surface area contributed by atoms with Crippen molar-refractivity contribution in [2.24, 2.45) is 10.8 Å². The monoisotopic (exact) mass is 382 g/mol. The van der Waals surface area contributed by atoms with E-state index in [1.54, 1.807) is 0 Å². The summed E-state index contributed by atoms with van der Waals surface area (Å²) in [4.78, 5) is 23.2. The molecule has 0 aliphatic carbocycles. The minimum atomic E-state index is -1.28. The summed E-state index contributed by atoms with van der Waals surface area (Å²) < 4.78 is 9.81. The molecule has 0 aromatic rings. The smallest absolute Gasteiger partial charge is 0.305 e. The van der Waals surface area contributed by atoms with Gasteiger partial charge in [0.15, 0.2) is 0 Å². The fourth-order valence-corrected chi connectivity index (χ4v) is 1.72. The fraction of sp³-hybridized carbons (Fsp3) is 0.875. The molecule has 0 aromatic heterocycles. The topological polar surface area (TPSA) is 174 Å². The van der Waals surface area contributed by atoms with Crippen molar-refractivity contribution in [3.8, 4) is 0 Å². The predicted octanol–water partition coefficient (Wildman–Crippen LogP) is -2.44. The molecular formula is C16H30O10. The zero-order chi connectivity index (χ0) is 20.1. The Morgan fingerprint density at radius 1 is 0.577 bits per heavy atom. The van der Waals surface area contributed by atoms with E-state index >= 15 is 0 Å². The van der Waals surface area contributed by atoms with Crippen LogP contribution in [0.5, 0.6) is 0 Å². The number of hydrogen-bond acceptors (Lipinski definition) is 10. The lowest BCUT2D eigenvalue weighted by atomic mass is 9.92. The summed E-state index contributed by atoms with van der Waals surface area (Å²) in [6.07, 6.45) is 0.700. The standard InChI is InChI=1S/C16H30O10/c17-5-15(6-18,7-19)11-25-13(23)3-1-2-4-14(24)26-12-16(8-20,9-21)10-22/h17-22H,1-12H2. The fourth-order valence-electron chi connectivity index (χ4n) is 1.72. The number of rotatable bonds is 15. The average molecular weight is 382 g/mol. The molecule has 0 aromatic carbocycles. The minimum absolute atomic E-state index is 0.0134. The summed E-state index contributed by atoms with van der Waals surface area (Å²) in [5, 5.41) is 54.7. The first kappa shape index (κ1) is 24.7. The zero-order valence-electron chi connectivity index (χ0n) is 14.8. The highest BCUT2D eigenvalue weighted by Crippen LogP contribution is 2.17. The van der Waals surface area contributed by atoms with Crippen LogP contribution in [0.3, 0.4) is 0 Å². The van der Waals surface area contributed by atoms with Crippen LogP contribution >= 0.6 is 0 Å². The maximum atomic E-state index is 11.6. The zero-order valence-corrected chi connectivity index (χ0v) is 14.8. The number of esters is 2. The second-order valence-electron chi connectivity index (χ2n) is 6.48. The Labute approximate surface area is 152 Å². The van der Waals surface area contributed by atoms with Crippen LogP contribution in [0.25, 0.3) is 0 Å². The van der Waals surface area contributed by atoms with Gasteiger partial charge in [-0.05, 0) is 12.8 Å². The van der Waals surface area contributed by atoms with Crippen LogP contribution in [0, 0.1) is 10.8 Å². The summed E-state index contributed by atoms with van der Waals surface area (Å²) in [6.45, 7) is -3.82. The molecule has 6 N–H and O–H groups in total. The lowest BCUT2D eigenvalue weighted by Crippen LogP contribution is -2.39. The number of aliphatic hydroxyl groups excluding tert-OH is 6. The van der Waals surface area contributed by atoms with E-state index in [-0.39, 0.29) is 26.1 Å². The number of carbonyl (C=O) groups excluding carboxylic acids is 2. The van der Waals surface area contributed by atoms with E-state index in [0.29, 0.717) is 12.8 Å². The number of ether oxygens (including phenoxy) is 2. The van der Waals surface area contributed by atoms with Gasteiger partial charge >= 0.3 is 11.9 Å². The Kier molecular flexibility index (Phi) is 12.3. The molecule has 0 fully saturated rings. The van der Waals surface area contributed by atoms with Crippen molar-refractivity contribution in [3.63, 3.8) is 0 Å². The van der Waals surface area contributed by atoms with Gasteiger partial charge in [0, 0.05) is 12.8 Å². The van der Waals surface area contributed by atoms with Crippen molar-refractivity contribution >= 4 is 11.9 Å². The molecule has 0 unspecified atom stereocenters. The molecule has 10 nitrogen and oxygen atoms in total. The predicted molar refractivity (Wildman–Crippen MR) is 87.8 cm³/mol. The van der Waals surface area contributed by atoms with Crippen LogP contribution in [-0.2, 0) is 19.1 Å². The van der Waals surface area contributed by atoms with Crippen molar-refractivity contribution < 1.29 is 49.7 Å². The van der Waals surface area contributed by atoms with E-state index in [0.717, 1.165) is 0 Å². The number of hydrogen-bond donors (Lipinski definition) is 6. The third kappa shape index (κ3) is 8.39. The highest BCUT2D eigenvalue weighted by Gasteiger charge is 2.31. The van der Waals surface area contributed by atoms with Gasteiger partial charge in [0.1, 0.15) is 13.2 Å². The van der Waals surface area contributed by atoms with Crippen molar-refractivity contribution in [1.82, 2.24) is 0 Å². The van der Waals surface area contributed by atoms with E-state index in [9.17, 15) is 9.59 Å². The van der Waals surface area contributed by atoms with Crippen LogP contribution in [0.1, 0.15) is 25.7 Å². The molecule has 0 aliphatic rings. The summed E-state index contributed by atoms with van der Waals surface area (Å²) in [7, 11) is 0. The molecule has 0 saturated heterocycles. The Balaban J connectivity index is 4.01. The van der Waals surface area contributed by atoms with Crippen molar-refractivity contribution in [1.29, 1.82) is 0 Å². The van der Waals surface area contributed by atoms with Gasteiger partial charge in [0.25, 0.3) is 0 Å². The quantitative estimate of drug-likeness (QED) is 0.132. The molecular weight excluding hydrogens is 352 g/mol. The van der Waals surface area contributed by atoms with Gasteiger partial charge in [-0.25, -0.2) is 0 Å². The summed E-state index contributed by atoms with van der Waals surface area (Å²) in [6, 6.07) is 0. The van der Waals surface area contributed by atoms with E-state index in [1.807, 2.05) is 0 Å². The van der Waals surface area contributed by atoms with Gasteiger partial charge < -0.3 is 40.1 Å². The average Bonchev–Trinajstić information content (AvgIpc) is 2.68. The van der Waals surface area contributed by atoms with Gasteiger partial charge in [-0.15, -0.1) is 0 Å². The lowest BCUT2D eigenvalue weighted by molar-refractivity contribution is -0.153. The van der Waals surface area contributed by atoms with E-state index in [1.165, 1.54) is 0 Å². The molecule has 0 amide bonds. The Hall–Kier alpha value is -1.30. The highest BCUT2D eigenvalue weighted by atomic mass is 16.5. The summed E-state index contributed by atoms with van der Waals surface area (Å²) >= 11 is 0. The molecule has 0 spiro atoms. The van der Waals surface area contributed by atoms with Gasteiger partial charge in [-0.3, -0.25) is 9.59 Å². The third-order valence-electron chi connectivity index (χ3n) is 4.10. The molecule has 0 atom stereocenters. The largest absolute Gasteiger partial charge is 0.465 e. The van der Waals surface area contributed by atoms with Crippen molar-refractivity contribution in [2.45, 2.75) is 25.7 Å². The second kappa shape index (κ2) is 13.0. The molecule has 0 radical (unpaired) electrons. The first-order chi connectivity index (χ1) is 12.4. The first-order valence-corrected chi connectivity index (χ1v) is 8.33. The molecule has 10 heteroatoms. The number of carbonyl (C=O) groups is 2. The van der Waals surface area contributed by atoms with E-state index in [4.69, 9.17) is 40.1 Å². The van der Waals surface area contributed by atoms with Crippen LogP contribution < -0.4 is 0 Å². The van der Waals surface area contributed by atoms with Gasteiger partial charge in [-0.1, -0.05) is 0 Å². The van der Waals surface area contributed by atoms with Gasteiger partial charge in [0.05, 0.1) is 50.5 Å².